The van der Waals surface area contributed by atoms with Gasteiger partial charge in [0.2, 0.25) is 4.80 Å². The number of carboxylic acid groups (broad SMARTS) is 2. The first kappa shape index (κ1) is 45.7. The van der Waals surface area contributed by atoms with Crippen molar-refractivity contribution in [2.45, 2.75) is 39.8 Å². The van der Waals surface area contributed by atoms with Gasteiger partial charge in [0, 0.05) is 48.3 Å². The molecule has 0 bridgehead atoms. The van der Waals surface area contributed by atoms with Crippen LogP contribution >= 0.6 is 34.7 Å². The van der Waals surface area contributed by atoms with Gasteiger partial charge in [0.15, 0.2) is 31.0 Å². The number of ether oxygens (including phenoxy) is 4. The summed E-state index contributed by atoms with van der Waals surface area (Å²) in [4.78, 5) is 47.5. The Morgan fingerprint density at radius 2 is 1.81 bits per heavy atom. The Labute approximate surface area is 372 Å². The maximum absolute atomic E-state index is 14.5. The maximum Gasteiger partial charge on any atom is 0.344 e. The van der Waals surface area contributed by atoms with Crippen molar-refractivity contribution in [1.29, 1.82) is 0 Å². The van der Waals surface area contributed by atoms with E-state index in [2.05, 4.69) is 39.1 Å². The number of carboxylic acids is 2. The molecule has 1 amide bonds. The third-order valence-corrected chi connectivity index (χ3v) is 10.3. The Balaban J connectivity index is 0.000000162. The molecule has 2 N–H and O–H groups in total. The Morgan fingerprint density at radius 3 is 2.51 bits per heavy atom. The van der Waals surface area contributed by atoms with Gasteiger partial charge in [0.05, 0.1) is 22.3 Å². The number of carbonyl (C=O) groups is 3. The Bertz CT molecular complexity index is 2800. The smallest absolute Gasteiger partial charge is 0.344 e. The summed E-state index contributed by atoms with van der Waals surface area (Å²) in [5.41, 5.74) is 1.24. The molecule has 63 heavy (non-hydrogen) atoms. The second kappa shape index (κ2) is 19.9. The second-order valence-electron chi connectivity index (χ2n) is 14.4. The minimum atomic E-state index is -1.07. The second-order valence-corrected chi connectivity index (χ2v) is 16.0. The molecule has 3 aromatic heterocycles. The van der Waals surface area contributed by atoms with Gasteiger partial charge in [-0.1, -0.05) is 43.0 Å². The Morgan fingerprint density at radius 1 is 1.06 bits per heavy atom. The molecule has 2 aliphatic heterocycles. The van der Waals surface area contributed by atoms with Crippen LogP contribution in [0, 0.1) is 29.4 Å². The highest BCUT2D eigenvalue weighted by Crippen LogP contribution is 2.38. The van der Waals surface area contributed by atoms with E-state index in [0.717, 1.165) is 30.2 Å². The van der Waals surface area contributed by atoms with Gasteiger partial charge in [-0.05, 0) is 73.0 Å². The lowest BCUT2D eigenvalue weighted by Crippen LogP contribution is -2.39. The van der Waals surface area contributed by atoms with Crippen LogP contribution in [0.3, 0.4) is 0 Å². The average Bonchev–Trinajstić information content (AvgIpc) is 3.76. The zero-order chi connectivity index (χ0) is 45.4. The predicted molar refractivity (Wildman–Crippen MR) is 229 cm³/mol. The van der Waals surface area contributed by atoms with Gasteiger partial charge in [0.1, 0.15) is 40.0 Å². The first-order valence-electron chi connectivity index (χ1n) is 18.7. The van der Waals surface area contributed by atoms with Crippen LogP contribution in [0.5, 0.6) is 28.9 Å². The van der Waals surface area contributed by atoms with Gasteiger partial charge in [-0.3, -0.25) is 14.7 Å². The summed E-state index contributed by atoms with van der Waals surface area (Å²) >= 11 is 12.8. The molecule has 0 unspecified atom stereocenters. The van der Waals surface area contributed by atoms with E-state index in [1.807, 2.05) is 4.57 Å². The standard InChI is InChI=1S/C18H17FN4O2S.C14H11ClFNO4.C11H8ClNO3/c1-4-5-22-13-7-12(11(19)6-14(13)25-9-16(22)24)20-17-23-10-18(2,3)8-15(23)21-26-17;1-8(14(18)19)20-10-2-4-11(5-3-10)21-13-12(16)6-9(15)7-17-13;12-8-3-4-9(16-6-10(14)15)11-7(8)2-1-5-13-11/h1,6-7H,5,8-10H2,2-3H3;2-8H,1H3,(H,18,19);1-5H,6H2,(H,14,15)/b20-17-;;/t;8-;/m.1./s1. The lowest BCUT2D eigenvalue weighted by molar-refractivity contribution is -0.144. The quantitative estimate of drug-likeness (QED) is 0.126. The molecule has 326 valence electrons. The third-order valence-electron chi connectivity index (χ3n) is 8.94. The molecule has 0 saturated heterocycles. The number of pyridine rings is 2. The fraction of sp³-hybridized carbons (Fsp3) is 0.233. The molecule has 0 aliphatic carbocycles. The van der Waals surface area contributed by atoms with Crippen LogP contribution in [0.15, 0.2) is 84.1 Å². The van der Waals surface area contributed by atoms with Crippen molar-refractivity contribution < 1.29 is 52.3 Å². The number of aliphatic carboxylic acids is 2. The van der Waals surface area contributed by atoms with E-state index in [-0.39, 0.29) is 41.1 Å². The van der Waals surface area contributed by atoms with Crippen molar-refractivity contribution in [3.63, 3.8) is 0 Å². The van der Waals surface area contributed by atoms with Crippen molar-refractivity contribution in [2.24, 2.45) is 10.4 Å². The predicted octanol–water partition coefficient (Wildman–Crippen LogP) is 8.13. The number of fused-ring (bicyclic) bond motifs is 3. The summed E-state index contributed by atoms with van der Waals surface area (Å²) in [6, 6.07) is 16.7. The van der Waals surface area contributed by atoms with Crippen LogP contribution in [0.4, 0.5) is 20.2 Å². The van der Waals surface area contributed by atoms with E-state index in [0.29, 0.717) is 44.0 Å². The van der Waals surface area contributed by atoms with Crippen LogP contribution in [0.25, 0.3) is 10.9 Å². The molecule has 3 aromatic carbocycles. The van der Waals surface area contributed by atoms with Gasteiger partial charge in [-0.25, -0.2) is 28.3 Å². The van der Waals surface area contributed by atoms with E-state index in [9.17, 15) is 23.2 Å². The van der Waals surface area contributed by atoms with Crippen LogP contribution in [-0.2, 0) is 27.3 Å². The summed E-state index contributed by atoms with van der Waals surface area (Å²) in [5, 5.41) is 18.7. The topological polar surface area (TPSA) is 188 Å². The summed E-state index contributed by atoms with van der Waals surface area (Å²) in [5.74, 6) is 1.06. The van der Waals surface area contributed by atoms with Gasteiger partial charge in [-0.15, -0.1) is 6.42 Å². The highest BCUT2D eigenvalue weighted by Gasteiger charge is 2.31. The van der Waals surface area contributed by atoms with Crippen LogP contribution in [-0.4, -0.2) is 72.8 Å². The van der Waals surface area contributed by atoms with Crippen LogP contribution in [0.2, 0.25) is 10.0 Å². The van der Waals surface area contributed by atoms with Crippen LogP contribution < -0.4 is 28.6 Å². The number of hydrogen-bond acceptors (Lipinski definition) is 12. The van der Waals surface area contributed by atoms with Gasteiger partial charge in [0.25, 0.3) is 11.8 Å². The number of hydrogen-bond donors (Lipinski definition) is 2. The molecular weight excluding hydrogens is 885 g/mol. The molecule has 0 radical (unpaired) electrons. The third kappa shape index (κ3) is 11.6. The summed E-state index contributed by atoms with van der Waals surface area (Å²) in [6.07, 6.45) is 8.12. The largest absolute Gasteiger partial charge is 0.481 e. The first-order chi connectivity index (χ1) is 30.0. The number of aromatic nitrogens is 4. The minimum absolute atomic E-state index is 0.0964. The molecule has 1 atom stereocenters. The lowest BCUT2D eigenvalue weighted by atomic mass is 9.92. The number of amides is 1. The first-order valence-corrected chi connectivity index (χ1v) is 20.2. The van der Waals surface area contributed by atoms with Crippen molar-refractivity contribution in [1.82, 2.24) is 18.9 Å². The van der Waals surface area contributed by atoms with Crippen molar-refractivity contribution in [3.05, 3.63) is 111 Å². The SMILES string of the molecule is C#CCN1C(=O)COc2cc(F)c(/N=c3\snc4n3CC(C)(C)C4)cc21.C[C@@H](Oc1ccc(Oc2ncc(Cl)cc2F)cc1)C(=O)O.O=C(O)COc1ccc(Cl)c2cccnc12. The van der Waals surface area contributed by atoms with E-state index >= 15 is 0 Å². The number of rotatable bonds is 10. The molecule has 0 fully saturated rings. The highest BCUT2D eigenvalue weighted by molar-refractivity contribution is 7.02. The van der Waals surface area contributed by atoms with Gasteiger partial charge < -0.3 is 33.7 Å². The molecule has 6 aromatic rings. The number of anilines is 1. The Kier molecular flexibility index (Phi) is 14.5. The normalized spacial score (nSPS) is 14.1. The van der Waals surface area contributed by atoms with Crippen molar-refractivity contribution in [2.75, 3.05) is 24.7 Å². The average molecular weight is 922 g/mol. The molecule has 0 saturated carbocycles. The molecule has 8 rings (SSSR count). The van der Waals surface area contributed by atoms with Gasteiger partial charge >= 0.3 is 11.9 Å². The van der Waals surface area contributed by atoms with E-state index in [1.165, 1.54) is 66.0 Å². The van der Waals surface area contributed by atoms with Gasteiger partial charge in [-0.2, -0.15) is 4.37 Å². The van der Waals surface area contributed by atoms with E-state index in [1.54, 1.807) is 30.5 Å². The summed E-state index contributed by atoms with van der Waals surface area (Å²) in [7, 11) is 0. The number of carbonyl (C=O) groups excluding carboxylic acids is 1. The fourth-order valence-corrected chi connectivity index (χ4v) is 7.16. The number of terminal acetylenes is 1. The number of benzene rings is 3. The van der Waals surface area contributed by atoms with Crippen molar-refractivity contribution >= 4 is 74.9 Å². The molecule has 0 spiro atoms. The van der Waals surface area contributed by atoms with E-state index in [4.69, 9.17) is 58.8 Å². The zero-order valence-electron chi connectivity index (χ0n) is 33.6. The zero-order valence-corrected chi connectivity index (χ0v) is 35.9. The van der Waals surface area contributed by atoms with Crippen LogP contribution in [0.1, 0.15) is 26.6 Å². The summed E-state index contributed by atoms with van der Waals surface area (Å²) < 4.78 is 55.4. The Hall–Kier alpha value is -6.81. The number of nitrogens with zero attached hydrogens (tertiary/aromatic N) is 6. The number of halogens is 4. The monoisotopic (exact) mass is 920 g/mol. The fourth-order valence-electron chi connectivity index (χ4n) is 6.04. The maximum atomic E-state index is 14.5. The van der Waals surface area contributed by atoms with E-state index < -0.39 is 36.3 Å². The van der Waals surface area contributed by atoms with Crippen molar-refractivity contribution in [3.8, 4) is 41.2 Å². The minimum Gasteiger partial charge on any atom is -0.481 e. The highest BCUT2D eigenvalue weighted by atomic mass is 35.5. The lowest BCUT2D eigenvalue weighted by Gasteiger charge is -2.28. The molecule has 20 heteroatoms. The molecule has 5 heterocycles. The molecular formula is C43H36Cl2F2N6O9S. The molecule has 2 aliphatic rings. The molecule has 15 nitrogen and oxygen atoms in total. The summed E-state index contributed by atoms with van der Waals surface area (Å²) in [6.45, 7) is 6.08.